The van der Waals surface area contributed by atoms with Crippen LogP contribution in [0.5, 0.6) is 0 Å². The maximum Gasteiger partial charge on any atom is 0.0461 e. The summed E-state index contributed by atoms with van der Waals surface area (Å²) in [6.07, 6.45) is 9.52. The Hall–Kier alpha value is -0.120. The van der Waals surface area contributed by atoms with Crippen molar-refractivity contribution in [1.29, 1.82) is 0 Å². The van der Waals surface area contributed by atoms with E-state index in [-0.39, 0.29) is 5.54 Å². The summed E-state index contributed by atoms with van der Waals surface area (Å²) in [7, 11) is 2.26. The Kier molecular flexibility index (Phi) is 5.88. The van der Waals surface area contributed by atoms with Gasteiger partial charge >= 0.3 is 0 Å². The lowest BCUT2D eigenvalue weighted by Gasteiger charge is -2.51. The molecule has 0 aromatic heterocycles. The molecule has 2 rings (SSSR count). The maximum atomic E-state index is 6.31. The highest BCUT2D eigenvalue weighted by molar-refractivity contribution is 5.00. The summed E-state index contributed by atoms with van der Waals surface area (Å²) in [5, 5.41) is 0. The molecular weight excluding hydrogens is 246 g/mol. The average Bonchev–Trinajstić information content (AvgIpc) is 2.92. The summed E-state index contributed by atoms with van der Waals surface area (Å²) in [5.74, 6) is 0.787. The van der Waals surface area contributed by atoms with Crippen molar-refractivity contribution in [2.45, 2.75) is 70.4 Å². The van der Waals surface area contributed by atoms with Crippen molar-refractivity contribution >= 4 is 0 Å². The Morgan fingerprint density at radius 2 is 1.95 bits per heavy atom. The van der Waals surface area contributed by atoms with Gasteiger partial charge in [-0.15, -0.1) is 0 Å². The van der Waals surface area contributed by atoms with Crippen LogP contribution in [-0.4, -0.2) is 54.6 Å². The Labute approximate surface area is 125 Å². The van der Waals surface area contributed by atoms with E-state index in [9.17, 15) is 0 Å². The lowest BCUT2D eigenvalue weighted by molar-refractivity contribution is -0.00634. The molecule has 2 aliphatic rings. The van der Waals surface area contributed by atoms with Gasteiger partial charge in [0.2, 0.25) is 0 Å². The third kappa shape index (κ3) is 3.75. The fraction of sp³-hybridized carbons (Fsp3) is 1.00. The van der Waals surface area contributed by atoms with Crippen molar-refractivity contribution in [2.75, 3.05) is 33.2 Å². The number of likely N-dealkylation sites (N-methyl/N-ethyl adjacent to an activating group) is 1. The quantitative estimate of drug-likeness (QED) is 0.812. The number of hydrogen-bond acceptors (Lipinski definition) is 3. The highest BCUT2D eigenvalue weighted by Crippen LogP contribution is 2.34. The zero-order chi connectivity index (χ0) is 14.6. The van der Waals surface area contributed by atoms with Crippen LogP contribution in [0.4, 0.5) is 0 Å². The third-order valence-electron chi connectivity index (χ3n) is 5.45. The number of nitrogens with zero attached hydrogens (tertiary/aromatic N) is 2. The van der Waals surface area contributed by atoms with Crippen molar-refractivity contribution in [3.8, 4) is 0 Å². The molecule has 1 unspecified atom stereocenters. The molecule has 1 saturated carbocycles. The molecule has 2 N–H and O–H groups in total. The summed E-state index contributed by atoms with van der Waals surface area (Å²) in [4.78, 5) is 5.34. The number of hydrogen-bond donors (Lipinski definition) is 1. The van der Waals surface area contributed by atoms with Gasteiger partial charge in [0, 0.05) is 24.7 Å². The van der Waals surface area contributed by atoms with Gasteiger partial charge < -0.3 is 10.6 Å². The van der Waals surface area contributed by atoms with E-state index in [4.69, 9.17) is 5.73 Å². The molecule has 0 spiro atoms. The van der Waals surface area contributed by atoms with Gasteiger partial charge in [0.05, 0.1) is 0 Å². The first-order valence-electron chi connectivity index (χ1n) is 8.73. The smallest absolute Gasteiger partial charge is 0.0461 e. The van der Waals surface area contributed by atoms with E-state index in [0.29, 0.717) is 0 Å². The molecule has 0 aromatic rings. The van der Waals surface area contributed by atoms with Crippen LogP contribution in [0.15, 0.2) is 0 Å². The summed E-state index contributed by atoms with van der Waals surface area (Å²) >= 11 is 0. The first-order valence-corrected chi connectivity index (χ1v) is 8.73. The van der Waals surface area contributed by atoms with E-state index in [1.165, 1.54) is 58.0 Å². The summed E-state index contributed by atoms with van der Waals surface area (Å²) in [5.41, 5.74) is 6.55. The summed E-state index contributed by atoms with van der Waals surface area (Å²) in [6, 6.07) is 0.795. The van der Waals surface area contributed by atoms with Crippen LogP contribution < -0.4 is 5.73 Å². The average molecular weight is 281 g/mol. The fourth-order valence-electron chi connectivity index (χ4n) is 4.28. The molecule has 0 bridgehead atoms. The van der Waals surface area contributed by atoms with Crippen molar-refractivity contribution in [1.82, 2.24) is 9.80 Å². The number of nitrogens with two attached hydrogens (primary N) is 1. The molecule has 1 atom stereocenters. The number of likely N-dealkylation sites (tertiary alicyclic amines) is 1. The summed E-state index contributed by atoms with van der Waals surface area (Å²) < 4.78 is 0. The van der Waals surface area contributed by atoms with Crippen LogP contribution in [0.1, 0.15) is 58.8 Å². The minimum atomic E-state index is 0.247. The minimum absolute atomic E-state index is 0.247. The van der Waals surface area contributed by atoms with Crippen molar-refractivity contribution in [3.63, 3.8) is 0 Å². The van der Waals surface area contributed by atoms with Gasteiger partial charge in [0.1, 0.15) is 0 Å². The van der Waals surface area contributed by atoms with Gasteiger partial charge in [-0.3, -0.25) is 4.90 Å². The summed E-state index contributed by atoms with van der Waals surface area (Å²) in [6.45, 7) is 9.16. The fourth-order valence-corrected chi connectivity index (χ4v) is 4.28. The van der Waals surface area contributed by atoms with Crippen molar-refractivity contribution < 1.29 is 0 Å². The number of rotatable bonds is 6. The molecule has 3 nitrogen and oxygen atoms in total. The monoisotopic (exact) mass is 281 g/mol. The Balaban J connectivity index is 2.12. The second-order valence-electron chi connectivity index (χ2n) is 7.58. The molecule has 3 heteroatoms. The molecule has 20 heavy (non-hydrogen) atoms. The normalized spacial score (nSPS) is 29.7. The molecule has 1 saturated heterocycles. The predicted molar refractivity (Wildman–Crippen MR) is 86.9 cm³/mol. The maximum absolute atomic E-state index is 6.31. The van der Waals surface area contributed by atoms with Crippen LogP contribution in [0.2, 0.25) is 0 Å². The van der Waals surface area contributed by atoms with E-state index in [2.05, 4.69) is 30.7 Å². The molecule has 0 amide bonds. The topological polar surface area (TPSA) is 32.5 Å². The van der Waals surface area contributed by atoms with E-state index in [1.54, 1.807) is 0 Å². The standard InChI is InChI=1S/C17H35N3/c1-15(2)9-12-20(16-7-4-5-8-16)17(13-18)10-6-11-19(3)14-17/h15-16H,4-14,18H2,1-3H3. The lowest BCUT2D eigenvalue weighted by Crippen LogP contribution is -2.64. The molecule has 1 heterocycles. The molecule has 1 aliphatic carbocycles. The zero-order valence-electron chi connectivity index (χ0n) is 13.9. The van der Waals surface area contributed by atoms with Gasteiger partial charge in [0.15, 0.2) is 0 Å². The molecular formula is C17H35N3. The van der Waals surface area contributed by atoms with Crippen LogP contribution in [0.25, 0.3) is 0 Å². The third-order valence-corrected chi connectivity index (χ3v) is 5.45. The highest BCUT2D eigenvalue weighted by atomic mass is 15.3. The largest absolute Gasteiger partial charge is 0.329 e. The Bertz CT molecular complexity index is 286. The van der Waals surface area contributed by atoms with Gasteiger partial charge in [0.25, 0.3) is 0 Å². The molecule has 118 valence electrons. The lowest BCUT2D eigenvalue weighted by atomic mass is 9.85. The Morgan fingerprint density at radius 3 is 2.50 bits per heavy atom. The molecule has 0 radical (unpaired) electrons. The predicted octanol–water partition coefficient (Wildman–Crippen LogP) is 2.70. The van der Waals surface area contributed by atoms with Gasteiger partial charge in [-0.2, -0.15) is 0 Å². The first kappa shape index (κ1) is 16.3. The van der Waals surface area contributed by atoms with E-state index in [1.807, 2.05) is 0 Å². The van der Waals surface area contributed by atoms with Gasteiger partial charge in [-0.05, 0) is 58.2 Å². The van der Waals surface area contributed by atoms with Crippen molar-refractivity contribution in [3.05, 3.63) is 0 Å². The van der Waals surface area contributed by atoms with Crippen LogP contribution >= 0.6 is 0 Å². The SMILES string of the molecule is CC(C)CCN(C1CCCC1)C1(CN)CCCN(C)C1. The second-order valence-corrected chi connectivity index (χ2v) is 7.58. The van der Waals surface area contributed by atoms with Crippen LogP contribution in [-0.2, 0) is 0 Å². The first-order chi connectivity index (χ1) is 9.57. The van der Waals surface area contributed by atoms with Crippen molar-refractivity contribution in [2.24, 2.45) is 11.7 Å². The van der Waals surface area contributed by atoms with Gasteiger partial charge in [-0.25, -0.2) is 0 Å². The highest BCUT2D eigenvalue weighted by Gasteiger charge is 2.42. The molecule has 1 aliphatic heterocycles. The van der Waals surface area contributed by atoms with Gasteiger partial charge in [-0.1, -0.05) is 26.7 Å². The molecule has 2 fully saturated rings. The van der Waals surface area contributed by atoms with E-state index < -0.39 is 0 Å². The van der Waals surface area contributed by atoms with Crippen LogP contribution in [0.3, 0.4) is 0 Å². The minimum Gasteiger partial charge on any atom is -0.329 e. The number of piperidine rings is 1. The van der Waals surface area contributed by atoms with E-state index >= 15 is 0 Å². The van der Waals surface area contributed by atoms with Crippen LogP contribution in [0, 0.1) is 5.92 Å². The van der Waals surface area contributed by atoms with E-state index in [0.717, 1.165) is 25.0 Å². The Morgan fingerprint density at radius 1 is 1.25 bits per heavy atom. The second kappa shape index (κ2) is 7.24. The zero-order valence-corrected chi connectivity index (χ0v) is 13.9. The molecule has 0 aromatic carbocycles.